The van der Waals surface area contributed by atoms with Gasteiger partial charge in [-0.3, -0.25) is 4.79 Å². The Morgan fingerprint density at radius 1 is 1.25 bits per heavy atom. The Labute approximate surface area is 216 Å². The second-order valence-electron chi connectivity index (χ2n) is 11.0. The first-order valence-corrected chi connectivity index (χ1v) is 13.7. The monoisotopic (exact) mass is 503 g/mol. The molecule has 3 atom stereocenters. The Kier molecular flexibility index (Phi) is 9.87. The van der Waals surface area contributed by atoms with Gasteiger partial charge in [0, 0.05) is 51.4 Å². The van der Waals surface area contributed by atoms with E-state index >= 15 is 0 Å². The summed E-state index contributed by atoms with van der Waals surface area (Å²) >= 11 is 0. The second-order valence-corrected chi connectivity index (χ2v) is 11.0. The average molecular weight is 504 g/mol. The number of piperidine rings is 1. The lowest BCUT2D eigenvalue weighted by molar-refractivity contribution is -0.130. The van der Waals surface area contributed by atoms with Gasteiger partial charge in [-0.05, 0) is 56.2 Å². The minimum absolute atomic E-state index is 0.117. The summed E-state index contributed by atoms with van der Waals surface area (Å²) in [5.74, 6) is 1.07. The van der Waals surface area contributed by atoms with E-state index in [-0.39, 0.29) is 18.1 Å². The SMILES string of the molecule is COCCCN1CCOc2ccc(CO[C@@H]3CC[C@@H](CC(C)(C)C(=O)NCC4CCCO4)NC3)cc21. The van der Waals surface area contributed by atoms with Crippen LogP contribution in [0.4, 0.5) is 5.69 Å². The van der Waals surface area contributed by atoms with E-state index in [0.29, 0.717) is 19.2 Å². The van der Waals surface area contributed by atoms with Crippen LogP contribution in [0.5, 0.6) is 5.75 Å². The molecule has 0 aliphatic carbocycles. The first-order chi connectivity index (χ1) is 17.4. The molecule has 0 bridgehead atoms. The lowest BCUT2D eigenvalue weighted by atomic mass is 9.82. The Morgan fingerprint density at radius 2 is 2.14 bits per heavy atom. The normalized spacial score (nSPS) is 24.3. The van der Waals surface area contributed by atoms with E-state index in [0.717, 1.165) is 89.4 Å². The summed E-state index contributed by atoms with van der Waals surface area (Å²) in [5.41, 5.74) is 1.91. The molecule has 2 N–H and O–H groups in total. The van der Waals surface area contributed by atoms with Crippen molar-refractivity contribution >= 4 is 11.6 Å². The van der Waals surface area contributed by atoms with Gasteiger partial charge < -0.3 is 34.5 Å². The summed E-state index contributed by atoms with van der Waals surface area (Å²) < 4.78 is 23.0. The summed E-state index contributed by atoms with van der Waals surface area (Å²) in [6, 6.07) is 6.71. The number of anilines is 1. The number of nitrogens with one attached hydrogen (secondary N) is 2. The predicted molar refractivity (Wildman–Crippen MR) is 141 cm³/mol. The van der Waals surface area contributed by atoms with Gasteiger partial charge in [-0.25, -0.2) is 0 Å². The second kappa shape index (κ2) is 13.1. The maximum absolute atomic E-state index is 12.8. The zero-order chi connectivity index (χ0) is 25.4. The number of ether oxygens (including phenoxy) is 4. The molecule has 0 aromatic heterocycles. The highest BCUT2D eigenvalue weighted by molar-refractivity contribution is 5.81. The van der Waals surface area contributed by atoms with Gasteiger partial charge >= 0.3 is 0 Å². The van der Waals surface area contributed by atoms with Crippen molar-refractivity contribution in [2.45, 2.75) is 77.2 Å². The van der Waals surface area contributed by atoms with E-state index in [1.165, 1.54) is 5.56 Å². The smallest absolute Gasteiger partial charge is 0.225 e. The molecule has 1 aromatic carbocycles. The van der Waals surface area contributed by atoms with E-state index in [9.17, 15) is 4.79 Å². The van der Waals surface area contributed by atoms with Crippen molar-refractivity contribution in [1.29, 1.82) is 0 Å². The lowest BCUT2D eigenvalue weighted by Gasteiger charge is -2.35. The van der Waals surface area contributed by atoms with Crippen molar-refractivity contribution < 1.29 is 23.7 Å². The van der Waals surface area contributed by atoms with Crippen LogP contribution < -0.4 is 20.3 Å². The Balaban J connectivity index is 1.19. The number of nitrogens with zero attached hydrogens (tertiary/aromatic N) is 1. The van der Waals surface area contributed by atoms with Gasteiger partial charge in [0.1, 0.15) is 12.4 Å². The summed E-state index contributed by atoms with van der Waals surface area (Å²) in [6.45, 7) is 10.3. The molecule has 4 rings (SSSR count). The molecule has 2 fully saturated rings. The van der Waals surface area contributed by atoms with Crippen molar-refractivity contribution in [2.24, 2.45) is 5.41 Å². The molecule has 0 saturated carbocycles. The van der Waals surface area contributed by atoms with Crippen LogP contribution in [0.3, 0.4) is 0 Å². The van der Waals surface area contributed by atoms with Crippen LogP contribution in [0.2, 0.25) is 0 Å². The molecule has 3 heterocycles. The molecule has 202 valence electrons. The van der Waals surface area contributed by atoms with Crippen LogP contribution in [0.25, 0.3) is 0 Å². The van der Waals surface area contributed by atoms with Crippen LogP contribution in [0.1, 0.15) is 57.9 Å². The highest BCUT2D eigenvalue weighted by Crippen LogP contribution is 2.33. The molecule has 36 heavy (non-hydrogen) atoms. The number of benzene rings is 1. The maximum atomic E-state index is 12.8. The third-order valence-corrected chi connectivity index (χ3v) is 7.60. The number of hydrogen-bond acceptors (Lipinski definition) is 7. The van der Waals surface area contributed by atoms with Crippen LogP contribution in [-0.4, -0.2) is 77.3 Å². The highest BCUT2D eigenvalue weighted by Gasteiger charge is 2.33. The third-order valence-electron chi connectivity index (χ3n) is 7.60. The largest absolute Gasteiger partial charge is 0.490 e. The lowest BCUT2D eigenvalue weighted by Crippen LogP contribution is -2.48. The Bertz CT molecular complexity index is 834. The van der Waals surface area contributed by atoms with Crippen LogP contribution >= 0.6 is 0 Å². The summed E-state index contributed by atoms with van der Waals surface area (Å²) in [4.78, 5) is 15.2. The summed E-state index contributed by atoms with van der Waals surface area (Å²) in [6.07, 6.45) is 6.33. The number of fused-ring (bicyclic) bond motifs is 1. The molecular weight excluding hydrogens is 458 g/mol. The molecule has 2 saturated heterocycles. The van der Waals surface area contributed by atoms with Gasteiger partial charge in [-0.2, -0.15) is 0 Å². The number of hydrogen-bond donors (Lipinski definition) is 2. The molecule has 1 unspecified atom stereocenters. The van der Waals surface area contributed by atoms with E-state index < -0.39 is 5.41 Å². The van der Waals surface area contributed by atoms with Crippen molar-refractivity contribution in [1.82, 2.24) is 10.6 Å². The minimum atomic E-state index is -0.412. The van der Waals surface area contributed by atoms with Crippen molar-refractivity contribution in [3.63, 3.8) is 0 Å². The first-order valence-electron chi connectivity index (χ1n) is 13.7. The number of carbonyl (C=O) groups excluding carboxylic acids is 1. The highest BCUT2D eigenvalue weighted by atomic mass is 16.5. The molecular formula is C28H45N3O5. The Morgan fingerprint density at radius 3 is 2.89 bits per heavy atom. The average Bonchev–Trinajstić information content (AvgIpc) is 3.40. The fraction of sp³-hybridized carbons (Fsp3) is 0.750. The Hall–Kier alpha value is -1.87. The predicted octanol–water partition coefficient (Wildman–Crippen LogP) is 3.27. The van der Waals surface area contributed by atoms with Gasteiger partial charge in [0.25, 0.3) is 0 Å². The van der Waals surface area contributed by atoms with Crippen LogP contribution in [0.15, 0.2) is 18.2 Å². The quantitative estimate of drug-likeness (QED) is 0.424. The van der Waals surface area contributed by atoms with Gasteiger partial charge in [0.15, 0.2) is 0 Å². The minimum Gasteiger partial charge on any atom is -0.490 e. The van der Waals surface area contributed by atoms with E-state index in [1.807, 2.05) is 13.8 Å². The van der Waals surface area contributed by atoms with Crippen molar-refractivity contribution in [3.05, 3.63) is 23.8 Å². The summed E-state index contributed by atoms with van der Waals surface area (Å²) in [7, 11) is 1.75. The maximum Gasteiger partial charge on any atom is 0.225 e. The molecule has 1 aromatic rings. The molecule has 0 spiro atoms. The van der Waals surface area contributed by atoms with Crippen molar-refractivity contribution in [3.8, 4) is 5.75 Å². The van der Waals surface area contributed by atoms with E-state index in [1.54, 1.807) is 7.11 Å². The molecule has 1 amide bonds. The number of methoxy groups -OCH3 is 1. The molecule has 8 nitrogen and oxygen atoms in total. The fourth-order valence-electron chi connectivity index (χ4n) is 5.42. The van der Waals surface area contributed by atoms with Gasteiger partial charge in [0.2, 0.25) is 5.91 Å². The zero-order valence-corrected chi connectivity index (χ0v) is 22.4. The third kappa shape index (κ3) is 7.57. The number of rotatable bonds is 12. The fourth-order valence-corrected chi connectivity index (χ4v) is 5.42. The van der Waals surface area contributed by atoms with Gasteiger partial charge in [-0.15, -0.1) is 0 Å². The van der Waals surface area contributed by atoms with Gasteiger partial charge in [0.05, 0.1) is 31.0 Å². The standard InChI is InChI=1S/C28H45N3O5/c1-28(2,27(32)30-19-23-6-4-14-34-23)17-22-8-9-24(18-29-22)36-20-21-7-10-26-25(16-21)31(12-15-35-26)11-5-13-33-3/h7,10,16,22-24,29H,4-6,8-9,11-15,17-20H2,1-3H3,(H,30,32)/t22-,23?,24+/m0/s1. The topological polar surface area (TPSA) is 81.3 Å². The summed E-state index contributed by atoms with van der Waals surface area (Å²) in [5, 5.41) is 6.74. The molecule has 0 radical (unpaired) electrons. The van der Waals surface area contributed by atoms with E-state index in [2.05, 4.69) is 33.7 Å². The molecule has 8 heteroatoms. The van der Waals surface area contributed by atoms with Gasteiger partial charge in [-0.1, -0.05) is 19.9 Å². The van der Waals surface area contributed by atoms with E-state index in [4.69, 9.17) is 18.9 Å². The number of amides is 1. The van der Waals surface area contributed by atoms with Crippen LogP contribution in [-0.2, 0) is 25.6 Å². The zero-order valence-electron chi connectivity index (χ0n) is 22.4. The molecule has 3 aliphatic rings. The van der Waals surface area contributed by atoms with Crippen molar-refractivity contribution in [2.75, 3.05) is 58.0 Å². The first kappa shape index (κ1) is 27.2. The number of carbonyl (C=O) groups is 1. The van der Waals surface area contributed by atoms with Crippen LogP contribution in [0, 0.1) is 5.41 Å². The molecule has 3 aliphatic heterocycles.